The first-order valence-corrected chi connectivity index (χ1v) is 3.04. The van der Waals surface area contributed by atoms with E-state index in [-0.39, 0.29) is 0 Å². The number of hydrogen-bond acceptors (Lipinski definition) is 2. The van der Waals surface area contributed by atoms with Gasteiger partial charge in [-0.15, -0.1) is 0 Å². The summed E-state index contributed by atoms with van der Waals surface area (Å²) in [5.74, 6) is -1.66. The van der Waals surface area contributed by atoms with E-state index >= 15 is 0 Å². The molecule has 0 radical (unpaired) electrons. The fourth-order valence-electron chi connectivity index (χ4n) is 0.531. The van der Waals surface area contributed by atoms with Crippen LogP contribution in [0.25, 0.3) is 0 Å². The molecule has 0 saturated carbocycles. The van der Waals surface area contributed by atoms with Crippen molar-refractivity contribution in [2.45, 2.75) is 6.18 Å². The summed E-state index contributed by atoms with van der Waals surface area (Å²) in [6.45, 7) is 0. The third-order valence-electron chi connectivity index (χ3n) is 1.02. The zero-order valence-electron chi connectivity index (χ0n) is 5.36. The molecule has 0 aliphatic carbocycles. The van der Waals surface area contributed by atoms with Crippen molar-refractivity contribution >= 4 is 11.6 Å². The Kier molecular flexibility index (Phi) is 2.18. The van der Waals surface area contributed by atoms with E-state index in [9.17, 15) is 17.6 Å². The fourth-order valence-corrected chi connectivity index (χ4v) is 0.654. The van der Waals surface area contributed by atoms with Crippen LogP contribution in [0.15, 0.2) is 6.20 Å². The Morgan fingerprint density at radius 1 is 1.33 bits per heavy atom. The summed E-state index contributed by atoms with van der Waals surface area (Å²) in [5.41, 5.74) is -1.52. The van der Waals surface area contributed by atoms with E-state index in [0.717, 1.165) is 0 Å². The quantitative estimate of drug-likeness (QED) is 0.365. The van der Waals surface area contributed by atoms with Gasteiger partial charge in [-0.1, -0.05) is 0 Å². The molecule has 12 heavy (non-hydrogen) atoms. The zero-order valence-corrected chi connectivity index (χ0v) is 6.12. The number of hydrogen-bond donors (Lipinski definition) is 0. The molecule has 0 aromatic carbocycles. The van der Waals surface area contributed by atoms with Crippen molar-refractivity contribution in [1.82, 2.24) is 9.97 Å². The molecule has 7 heteroatoms. The maximum Gasteiger partial charge on any atom is 0.422 e. The van der Waals surface area contributed by atoms with Crippen molar-refractivity contribution in [1.29, 1.82) is 0 Å². The highest BCUT2D eigenvalue weighted by Gasteiger charge is 2.35. The maximum atomic E-state index is 12.4. The topological polar surface area (TPSA) is 25.8 Å². The predicted molar refractivity (Wildman–Crippen MR) is 32.0 cm³/mol. The molecule has 0 atom stereocenters. The molecular formula is C5HClF4N2. The van der Waals surface area contributed by atoms with E-state index in [0.29, 0.717) is 6.20 Å². The molecule has 0 amide bonds. The number of halogens is 5. The Bertz CT molecular complexity index is 298. The molecule has 0 bridgehead atoms. The maximum absolute atomic E-state index is 12.4. The van der Waals surface area contributed by atoms with Crippen LogP contribution in [0.5, 0.6) is 0 Å². The molecule has 1 aromatic heterocycles. The summed E-state index contributed by atoms with van der Waals surface area (Å²) in [6, 6.07) is 0. The van der Waals surface area contributed by atoms with Gasteiger partial charge in [0.25, 0.3) is 0 Å². The number of nitrogens with zero attached hydrogens (tertiary/aromatic N) is 2. The minimum absolute atomic E-state index is 0.296. The summed E-state index contributed by atoms with van der Waals surface area (Å²) in [7, 11) is 0. The van der Waals surface area contributed by atoms with Gasteiger partial charge in [0.2, 0.25) is 11.2 Å². The van der Waals surface area contributed by atoms with E-state index in [1.807, 2.05) is 0 Å². The third kappa shape index (κ3) is 1.82. The van der Waals surface area contributed by atoms with E-state index < -0.39 is 23.0 Å². The van der Waals surface area contributed by atoms with Crippen LogP contribution in [-0.4, -0.2) is 9.97 Å². The van der Waals surface area contributed by atoms with Gasteiger partial charge in [-0.25, -0.2) is 4.98 Å². The first kappa shape index (κ1) is 9.18. The van der Waals surface area contributed by atoms with Gasteiger partial charge in [0.05, 0.1) is 0 Å². The zero-order chi connectivity index (χ0) is 9.35. The predicted octanol–water partition coefficient (Wildman–Crippen LogP) is 2.29. The SMILES string of the molecule is Fc1nc(Cl)ncc1C(F)(F)F. The van der Waals surface area contributed by atoms with Gasteiger partial charge in [0.15, 0.2) is 0 Å². The van der Waals surface area contributed by atoms with Crippen molar-refractivity contribution in [2.75, 3.05) is 0 Å². The average molecular weight is 201 g/mol. The molecule has 0 fully saturated rings. The van der Waals surface area contributed by atoms with Crippen LogP contribution in [0.1, 0.15) is 5.56 Å². The van der Waals surface area contributed by atoms with E-state index in [1.165, 1.54) is 0 Å². The van der Waals surface area contributed by atoms with Crippen molar-refractivity contribution in [3.05, 3.63) is 23.0 Å². The minimum atomic E-state index is -4.78. The summed E-state index contributed by atoms with van der Waals surface area (Å²) < 4.78 is 47.8. The largest absolute Gasteiger partial charge is 0.422 e. The molecule has 0 unspecified atom stereocenters. The lowest BCUT2D eigenvalue weighted by Gasteiger charge is -2.05. The molecule has 66 valence electrons. The molecule has 1 aromatic rings. The van der Waals surface area contributed by atoms with E-state index in [1.54, 1.807) is 0 Å². The monoisotopic (exact) mass is 200 g/mol. The van der Waals surface area contributed by atoms with Crippen LogP contribution >= 0.6 is 11.6 Å². The highest BCUT2D eigenvalue weighted by Crippen LogP contribution is 2.30. The van der Waals surface area contributed by atoms with Crippen LogP contribution in [0.2, 0.25) is 5.28 Å². The first-order valence-electron chi connectivity index (χ1n) is 2.66. The normalized spacial score (nSPS) is 11.8. The van der Waals surface area contributed by atoms with Gasteiger partial charge in [0, 0.05) is 6.20 Å². The third-order valence-corrected chi connectivity index (χ3v) is 1.20. The van der Waals surface area contributed by atoms with Crippen LogP contribution in [0, 0.1) is 5.95 Å². The Hall–Kier alpha value is -0.910. The van der Waals surface area contributed by atoms with Crippen molar-refractivity contribution < 1.29 is 17.6 Å². The minimum Gasteiger partial charge on any atom is -0.226 e. The lowest BCUT2D eigenvalue weighted by atomic mass is 10.3. The standard InChI is InChI=1S/C5HClF4N2/c6-4-11-1-2(3(7)12-4)5(8,9)10/h1H. The summed E-state index contributed by atoms with van der Waals surface area (Å²) in [4.78, 5) is 5.71. The number of alkyl halides is 3. The average Bonchev–Trinajstić information content (AvgIpc) is 1.83. The Balaban J connectivity index is 3.19. The molecule has 0 aliphatic rings. The highest BCUT2D eigenvalue weighted by atomic mass is 35.5. The summed E-state index contributed by atoms with van der Waals surface area (Å²) in [6.07, 6.45) is -4.49. The molecule has 1 heterocycles. The Labute approximate surface area is 69.2 Å². The summed E-state index contributed by atoms with van der Waals surface area (Å²) in [5, 5.41) is -0.555. The van der Waals surface area contributed by atoms with Crippen molar-refractivity contribution in [2.24, 2.45) is 0 Å². The van der Waals surface area contributed by atoms with Gasteiger partial charge >= 0.3 is 6.18 Å². The van der Waals surface area contributed by atoms with Gasteiger partial charge in [-0.05, 0) is 11.6 Å². The molecule has 0 N–H and O–H groups in total. The number of aromatic nitrogens is 2. The van der Waals surface area contributed by atoms with Gasteiger partial charge in [-0.3, -0.25) is 0 Å². The molecule has 1 rings (SSSR count). The lowest BCUT2D eigenvalue weighted by molar-refractivity contribution is -0.140. The van der Waals surface area contributed by atoms with Crippen LogP contribution in [0.4, 0.5) is 17.6 Å². The second-order valence-corrected chi connectivity index (χ2v) is 2.18. The van der Waals surface area contributed by atoms with Crippen LogP contribution in [-0.2, 0) is 6.18 Å². The van der Waals surface area contributed by atoms with Gasteiger partial charge in [0.1, 0.15) is 5.56 Å². The molecule has 0 spiro atoms. The smallest absolute Gasteiger partial charge is 0.226 e. The lowest BCUT2D eigenvalue weighted by Crippen LogP contribution is -2.10. The molecule has 0 aliphatic heterocycles. The van der Waals surface area contributed by atoms with Crippen LogP contribution < -0.4 is 0 Å². The second kappa shape index (κ2) is 2.85. The summed E-state index contributed by atoms with van der Waals surface area (Å²) >= 11 is 5.04. The van der Waals surface area contributed by atoms with E-state index in [2.05, 4.69) is 9.97 Å². The Morgan fingerprint density at radius 2 is 1.92 bits per heavy atom. The highest BCUT2D eigenvalue weighted by molar-refractivity contribution is 6.28. The first-order chi connectivity index (χ1) is 5.41. The van der Waals surface area contributed by atoms with Crippen LogP contribution in [0.3, 0.4) is 0 Å². The molecular weight excluding hydrogens is 200 g/mol. The van der Waals surface area contributed by atoms with Gasteiger partial charge < -0.3 is 0 Å². The number of rotatable bonds is 0. The van der Waals surface area contributed by atoms with E-state index in [4.69, 9.17) is 11.6 Å². The second-order valence-electron chi connectivity index (χ2n) is 1.84. The van der Waals surface area contributed by atoms with Crippen molar-refractivity contribution in [3.63, 3.8) is 0 Å². The molecule has 0 saturated heterocycles. The van der Waals surface area contributed by atoms with Crippen molar-refractivity contribution in [3.8, 4) is 0 Å². The molecule has 2 nitrogen and oxygen atoms in total. The van der Waals surface area contributed by atoms with Gasteiger partial charge in [-0.2, -0.15) is 22.5 Å². The Morgan fingerprint density at radius 3 is 2.33 bits per heavy atom. The fraction of sp³-hybridized carbons (Fsp3) is 0.200.